The summed E-state index contributed by atoms with van der Waals surface area (Å²) in [6.45, 7) is 2.39. The number of nitrogens with one attached hydrogen (secondary N) is 1. The number of rotatable bonds is 4. The first-order valence-electron chi connectivity index (χ1n) is 6.05. The Morgan fingerprint density at radius 2 is 2.20 bits per heavy atom. The largest absolute Gasteiger partial charge is 0.492 e. The Kier molecular flexibility index (Phi) is 4.42. The van der Waals surface area contributed by atoms with E-state index < -0.39 is 0 Å². The third kappa shape index (κ3) is 3.39. The Balaban J connectivity index is 2.13. The van der Waals surface area contributed by atoms with Crippen LogP contribution in [0.15, 0.2) is 36.5 Å². The first-order chi connectivity index (χ1) is 9.60. The van der Waals surface area contributed by atoms with Crippen molar-refractivity contribution in [2.45, 2.75) is 6.92 Å². The van der Waals surface area contributed by atoms with Crippen molar-refractivity contribution in [3.8, 4) is 5.75 Å². The third-order valence-corrected chi connectivity index (χ3v) is 2.78. The lowest BCUT2D eigenvalue weighted by Crippen LogP contribution is -2.12. The molecule has 1 aromatic carbocycles. The van der Waals surface area contributed by atoms with E-state index in [0.29, 0.717) is 34.4 Å². The molecule has 0 atom stereocenters. The quantitative estimate of drug-likeness (QED) is 0.670. The van der Waals surface area contributed by atoms with Crippen LogP contribution >= 0.6 is 11.6 Å². The van der Waals surface area contributed by atoms with Crippen LogP contribution in [0.5, 0.6) is 5.75 Å². The van der Waals surface area contributed by atoms with E-state index in [-0.39, 0.29) is 5.91 Å². The van der Waals surface area contributed by atoms with Crippen LogP contribution in [0.25, 0.3) is 0 Å². The molecule has 1 aromatic heterocycles. The summed E-state index contributed by atoms with van der Waals surface area (Å²) in [6.07, 6.45) is 1.48. The smallest absolute Gasteiger partial charge is 0.255 e. The Hall–Kier alpha value is -2.27. The average molecular weight is 292 g/mol. The summed E-state index contributed by atoms with van der Waals surface area (Å²) in [6, 6.07) is 8.17. The normalized spacial score (nSPS) is 10.1. The van der Waals surface area contributed by atoms with E-state index in [4.69, 9.17) is 22.1 Å². The van der Waals surface area contributed by atoms with Crippen molar-refractivity contribution < 1.29 is 9.53 Å². The molecule has 0 radical (unpaired) electrons. The van der Waals surface area contributed by atoms with E-state index >= 15 is 0 Å². The molecule has 0 unspecified atom stereocenters. The number of anilines is 2. The van der Waals surface area contributed by atoms with Gasteiger partial charge in [0, 0.05) is 5.56 Å². The molecule has 0 bridgehead atoms. The summed E-state index contributed by atoms with van der Waals surface area (Å²) in [5.74, 6) is 0.293. The fourth-order valence-corrected chi connectivity index (χ4v) is 1.74. The second-order valence-electron chi connectivity index (χ2n) is 4.01. The standard InChI is InChI=1S/C14H14ClN3O2/c1-2-20-12-5-3-9(7-11(12)16)14(19)18-10-4-6-13(15)17-8-10/h3-8H,2,16H2,1H3,(H,18,19). The number of hydrogen-bond acceptors (Lipinski definition) is 4. The van der Waals surface area contributed by atoms with Crippen LogP contribution in [0.2, 0.25) is 5.15 Å². The number of ether oxygens (including phenoxy) is 1. The zero-order valence-corrected chi connectivity index (χ0v) is 11.6. The number of aromatic nitrogens is 1. The highest BCUT2D eigenvalue weighted by Crippen LogP contribution is 2.23. The summed E-state index contributed by atoms with van der Waals surface area (Å²) in [5.41, 5.74) is 7.26. The average Bonchev–Trinajstić information content (AvgIpc) is 2.44. The zero-order valence-electron chi connectivity index (χ0n) is 10.9. The molecule has 0 saturated carbocycles. The fraction of sp³-hybridized carbons (Fsp3) is 0.143. The minimum absolute atomic E-state index is 0.274. The van der Waals surface area contributed by atoms with Crippen LogP contribution in [0, 0.1) is 0 Å². The van der Waals surface area contributed by atoms with Crippen LogP contribution in [0.4, 0.5) is 11.4 Å². The van der Waals surface area contributed by atoms with E-state index in [1.54, 1.807) is 30.3 Å². The number of carbonyl (C=O) groups excluding carboxylic acids is 1. The molecule has 1 amide bonds. The van der Waals surface area contributed by atoms with Crippen LogP contribution in [0.3, 0.4) is 0 Å². The van der Waals surface area contributed by atoms with Gasteiger partial charge in [0.05, 0.1) is 24.2 Å². The molecule has 6 heteroatoms. The lowest BCUT2D eigenvalue weighted by molar-refractivity contribution is 0.102. The molecule has 2 rings (SSSR count). The van der Waals surface area contributed by atoms with Crippen molar-refractivity contribution in [3.05, 3.63) is 47.2 Å². The van der Waals surface area contributed by atoms with E-state index in [9.17, 15) is 4.79 Å². The highest BCUT2D eigenvalue weighted by molar-refractivity contribution is 6.29. The van der Waals surface area contributed by atoms with Gasteiger partial charge in [-0.25, -0.2) is 4.98 Å². The Bertz CT molecular complexity index is 614. The molecular weight excluding hydrogens is 278 g/mol. The van der Waals surface area contributed by atoms with Crippen molar-refractivity contribution >= 4 is 28.9 Å². The molecular formula is C14H14ClN3O2. The van der Waals surface area contributed by atoms with Gasteiger partial charge in [0.1, 0.15) is 10.9 Å². The summed E-state index contributed by atoms with van der Waals surface area (Å²) in [5, 5.41) is 3.08. The van der Waals surface area contributed by atoms with Crippen LogP contribution in [-0.2, 0) is 0 Å². The molecule has 1 heterocycles. The van der Waals surface area contributed by atoms with Crippen molar-refractivity contribution in [3.63, 3.8) is 0 Å². The molecule has 0 aliphatic carbocycles. The number of nitrogen functional groups attached to an aromatic ring is 1. The molecule has 20 heavy (non-hydrogen) atoms. The van der Waals surface area contributed by atoms with Crippen molar-refractivity contribution in [1.82, 2.24) is 4.98 Å². The Morgan fingerprint density at radius 1 is 1.40 bits per heavy atom. The molecule has 0 saturated heterocycles. The maximum atomic E-state index is 12.1. The van der Waals surface area contributed by atoms with Gasteiger partial charge in [-0.3, -0.25) is 4.79 Å². The second-order valence-corrected chi connectivity index (χ2v) is 4.40. The summed E-state index contributed by atoms with van der Waals surface area (Å²) < 4.78 is 5.32. The van der Waals surface area contributed by atoms with E-state index in [1.165, 1.54) is 6.20 Å². The van der Waals surface area contributed by atoms with Gasteiger partial charge in [-0.05, 0) is 37.3 Å². The first-order valence-corrected chi connectivity index (χ1v) is 6.43. The number of carbonyl (C=O) groups is 1. The van der Waals surface area contributed by atoms with Gasteiger partial charge in [-0.2, -0.15) is 0 Å². The van der Waals surface area contributed by atoms with Crippen LogP contribution < -0.4 is 15.8 Å². The molecule has 0 fully saturated rings. The van der Waals surface area contributed by atoms with Gasteiger partial charge in [-0.1, -0.05) is 11.6 Å². The lowest BCUT2D eigenvalue weighted by Gasteiger charge is -2.09. The number of benzene rings is 1. The predicted octanol–water partition coefficient (Wildman–Crippen LogP) is 2.97. The highest BCUT2D eigenvalue weighted by Gasteiger charge is 2.09. The number of amides is 1. The van der Waals surface area contributed by atoms with E-state index in [0.717, 1.165) is 0 Å². The Labute approximate surface area is 121 Å². The van der Waals surface area contributed by atoms with Crippen molar-refractivity contribution in [1.29, 1.82) is 0 Å². The maximum Gasteiger partial charge on any atom is 0.255 e. The molecule has 0 aliphatic heterocycles. The minimum atomic E-state index is -0.274. The number of nitrogens with two attached hydrogens (primary N) is 1. The van der Waals surface area contributed by atoms with Gasteiger partial charge in [0.2, 0.25) is 0 Å². The van der Waals surface area contributed by atoms with Gasteiger partial charge >= 0.3 is 0 Å². The number of nitrogens with zero attached hydrogens (tertiary/aromatic N) is 1. The summed E-state index contributed by atoms with van der Waals surface area (Å²) in [4.78, 5) is 15.9. The first kappa shape index (κ1) is 14.1. The highest BCUT2D eigenvalue weighted by atomic mass is 35.5. The van der Waals surface area contributed by atoms with Crippen molar-refractivity contribution in [2.75, 3.05) is 17.7 Å². The molecule has 2 aromatic rings. The number of pyridine rings is 1. The second kappa shape index (κ2) is 6.25. The molecule has 0 spiro atoms. The minimum Gasteiger partial charge on any atom is -0.492 e. The predicted molar refractivity (Wildman–Crippen MR) is 79.2 cm³/mol. The Morgan fingerprint density at radius 3 is 2.80 bits per heavy atom. The topological polar surface area (TPSA) is 77.2 Å². The lowest BCUT2D eigenvalue weighted by atomic mass is 10.1. The number of hydrogen-bond donors (Lipinski definition) is 2. The van der Waals surface area contributed by atoms with Gasteiger partial charge < -0.3 is 15.8 Å². The van der Waals surface area contributed by atoms with Crippen LogP contribution in [-0.4, -0.2) is 17.5 Å². The SMILES string of the molecule is CCOc1ccc(C(=O)Nc2ccc(Cl)nc2)cc1N. The van der Waals surface area contributed by atoms with Crippen molar-refractivity contribution in [2.24, 2.45) is 0 Å². The molecule has 3 N–H and O–H groups in total. The maximum absolute atomic E-state index is 12.1. The summed E-state index contributed by atoms with van der Waals surface area (Å²) >= 11 is 5.68. The van der Waals surface area contributed by atoms with E-state index in [1.807, 2.05) is 6.92 Å². The van der Waals surface area contributed by atoms with Crippen LogP contribution in [0.1, 0.15) is 17.3 Å². The molecule has 104 valence electrons. The summed E-state index contributed by atoms with van der Waals surface area (Å²) in [7, 11) is 0. The van der Waals surface area contributed by atoms with Gasteiger partial charge in [-0.15, -0.1) is 0 Å². The van der Waals surface area contributed by atoms with Gasteiger partial charge in [0.25, 0.3) is 5.91 Å². The fourth-order valence-electron chi connectivity index (χ4n) is 1.63. The molecule has 0 aliphatic rings. The third-order valence-electron chi connectivity index (χ3n) is 2.56. The monoisotopic (exact) mass is 291 g/mol. The number of halogens is 1. The molecule has 5 nitrogen and oxygen atoms in total. The van der Waals surface area contributed by atoms with E-state index in [2.05, 4.69) is 10.3 Å². The van der Waals surface area contributed by atoms with Gasteiger partial charge in [0.15, 0.2) is 0 Å². The zero-order chi connectivity index (χ0) is 14.5.